The average Bonchev–Trinajstić information content (AvgIpc) is 2.85. The summed E-state index contributed by atoms with van der Waals surface area (Å²) in [5.41, 5.74) is 0.482. The van der Waals surface area contributed by atoms with E-state index in [2.05, 4.69) is 15.6 Å². The van der Waals surface area contributed by atoms with Crippen molar-refractivity contribution in [2.45, 2.75) is 50.8 Å². The predicted octanol–water partition coefficient (Wildman–Crippen LogP) is 0.732. The SMILES string of the molecule is O=C(NC1CCC(O)CC1)c1cn2c(n1)NCCC2. The Bertz CT molecular complexity index is 440. The van der Waals surface area contributed by atoms with E-state index < -0.39 is 0 Å². The fraction of sp³-hybridized carbons (Fsp3) is 0.692. The number of aliphatic hydroxyl groups is 1. The molecule has 0 aromatic carbocycles. The number of aliphatic hydroxyl groups excluding tert-OH is 1. The van der Waals surface area contributed by atoms with Gasteiger partial charge in [0.25, 0.3) is 5.91 Å². The Hall–Kier alpha value is -1.56. The van der Waals surface area contributed by atoms with E-state index in [1.807, 2.05) is 10.8 Å². The largest absolute Gasteiger partial charge is 0.393 e. The summed E-state index contributed by atoms with van der Waals surface area (Å²) in [5, 5.41) is 15.6. The van der Waals surface area contributed by atoms with Crippen LogP contribution in [0.4, 0.5) is 5.95 Å². The summed E-state index contributed by atoms with van der Waals surface area (Å²) < 4.78 is 1.99. The highest BCUT2D eigenvalue weighted by Crippen LogP contribution is 2.19. The third-order valence-corrected chi connectivity index (χ3v) is 3.90. The highest BCUT2D eigenvalue weighted by atomic mass is 16.3. The molecule has 1 aliphatic heterocycles. The number of hydrogen-bond acceptors (Lipinski definition) is 4. The number of nitrogens with one attached hydrogen (secondary N) is 2. The molecule has 1 aliphatic carbocycles. The molecule has 19 heavy (non-hydrogen) atoms. The molecule has 1 aromatic heterocycles. The van der Waals surface area contributed by atoms with Crippen molar-refractivity contribution >= 4 is 11.9 Å². The third-order valence-electron chi connectivity index (χ3n) is 3.90. The first kappa shape index (κ1) is 12.5. The summed E-state index contributed by atoms with van der Waals surface area (Å²) in [6.45, 7) is 1.83. The molecule has 1 fully saturated rings. The molecular weight excluding hydrogens is 244 g/mol. The van der Waals surface area contributed by atoms with Gasteiger partial charge in [0.1, 0.15) is 5.69 Å². The van der Waals surface area contributed by atoms with Crippen molar-refractivity contribution in [2.75, 3.05) is 11.9 Å². The van der Waals surface area contributed by atoms with E-state index in [4.69, 9.17) is 0 Å². The number of fused-ring (bicyclic) bond motifs is 1. The molecule has 2 heterocycles. The number of carbonyl (C=O) groups is 1. The summed E-state index contributed by atoms with van der Waals surface area (Å²) in [6, 6.07) is 0.169. The normalized spacial score (nSPS) is 26.4. The van der Waals surface area contributed by atoms with E-state index in [1.165, 1.54) is 0 Å². The Labute approximate surface area is 112 Å². The molecule has 3 rings (SSSR count). The van der Waals surface area contributed by atoms with Gasteiger partial charge in [-0.25, -0.2) is 4.98 Å². The van der Waals surface area contributed by atoms with Gasteiger partial charge in [0.15, 0.2) is 0 Å². The van der Waals surface area contributed by atoms with Crippen LogP contribution in [-0.4, -0.2) is 39.3 Å². The van der Waals surface area contributed by atoms with Gasteiger partial charge in [-0.3, -0.25) is 4.79 Å². The van der Waals surface area contributed by atoms with Crippen molar-refractivity contribution in [1.82, 2.24) is 14.9 Å². The zero-order valence-electron chi connectivity index (χ0n) is 10.9. The van der Waals surface area contributed by atoms with Gasteiger partial charge in [0.05, 0.1) is 6.10 Å². The van der Waals surface area contributed by atoms with Gasteiger partial charge in [-0.05, 0) is 32.1 Å². The molecule has 104 valence electrons. The molecule has 0 saturated heterocycles. The maximum atomic E-state index is 12.1. The Kier molecular flexibility index (Phi) is 3.42. The Morgan fingerprint density at radius 3 is 2.95 bits per heavy atom. The van der Waals surface area contributed by atoms with E-state index in [1.54, 1.807) is 0 Å². The van der Waals surface area contributed by atoms with Crippen molar-refractivity contribution in [3.63, 3.8) is 0 Å². The average molecular weight is 264 g/mol. The molecule has 6 nitrogen and oxygen atoms in total. The Morgan fingerprint density at radius 1 is 1.42 bits per heavy atom. The molecular formula is C13H20N4O2. The van der Waals surface area contributed by atoms with Gasteiger partial charge in [0, 0.05) is 25.3 Å². The number of amides is 1. The van der Waals surface area contributed by atoms with Crippen LogP contribution < -0.4 is 10.6 Å². The Balaban J connectivity index is 1.62. The topological polar surface area (TPSA) is 79.2 Å². The lowest BCUT2D eigenvalue weighted by atomic mass is 9.93. The second-order valence-corrected chi connectivity index (χ2v) is 5.40. The highest BCUT2D eigenvalue weighted by molar-refractivity contribution is 5.92. The van der Waals surface area contributed by atoms with Crippen LogP contribution in [0.2, 0.25) is 0 Å². The van der Waals surface area contributed by atoms with Crippen LogP contribution in [0, 0.1) is 0 Å². The van der Waals surface area contributed by atoms with Gasteiger partial charge in [-0.2, -0.15) is 0 Å². The van der Waals surface area contributed by atoms with E-state index in [9.17, 15) is 9.90 Å². The molecule has 0 radical (unpaired) electrons. The summed E-state index contributed by atoms with van der Waals surface area (Å²) in [6.07, 6.45) is 5.91. The molecule has 6 heteroatoms. The first-order valence-corrected chi connectivity index (χ1v) is 7.02. The summed E-state index contributed by atoms with van der Waals surface area (Å²) in [5.74, 6) is 0.681. The number of aromatic nitrogens is 2. The van der Waals surface area contributed by atoms with E-state index in [0.717, 1.165) is 51.1 Å². The lowest BCUT2D eigenvalue weighted by Crippen LogP contribution is -2.38. The standard InChI is InChI=1S/C13H20N4O2/c18-10-4-2-9(3-5-10)15-12(19)11-8-17-7-1-6-14-13(17)16-11/h8-10,18H,1-7H2,(H,14,16)(H,15,19). The first-order valence-electron chi connectivity index (χ1n) is 7.02. The fourth-order valence-corrected chi connectivity index (χ4v) is 2.77. The number of rotatable bonds is 2. The second-order valence-electron chi connectivity index (χ2n) is 5.40. The lowest BCUT2D eigenvalue weighted by molar-refractivity contribution is 0.0863. The van der Waals surface area contributed by atoms with Gasteiger partial charge in [0.2, 0.25) is 5.95 Å². The molecule has 2 aliphatic rings. The monoisotopic (exact) mass is 264 g/mol. The number of hydrogen-bond donors (Lipinski definition) is 3. The van der Waals surface area contributed by atoms with Gasteiger partial charge in [-0.1, -0.05) is 0 Å². The van der Waals surface area contributed by atoms with Crippen molar-refractivity contribution in [3.05, 3.63) is 11.9 Å². The van der Waals surface area contributed by atoms with Crippen LogP contribution in [0.15, 0.2) is 6.20 Å². The number of imidazole rings is 1. The van der Waals surface area contributed by atoms with E-state index >= 15 is 0 Å². The van der Waals surface area contributed by atoms with Crippen LogP contribution in [0.5, 0.6) is 0 Å². The minimum atomic E-state index is -0.197. The summed E-state index contributed by atoms with van der Waals surface area (Å²) >= 11 is 0. The summed E-state index contributed by atoms with van der Waals surface area (Å²) in [7, 11) is 0. The number of anilines is 1. The van der Waals surface area contributed by atoms with Gasteiger partial charge < -0.3 is 20.3 Å². The molecule has 1 aromatic rings. The smallest absolute Gasteiger partial charge is 0.271 e. The number of aryl methyl sites for hydroxylation is 1. The van der Waals surface area contributed by atoms with Crippen molar-refractivity contribution in [3.8, 4) is 0 Å². The number of nitrogens with zero attached hydrogens (tertiary/aromatic N) is 2. The molecule has 1 amide bonds. The lowest BCUT2D eigenvalue weighted by Gasteiger charge is -2.25. The maximum absolute atomic E-state index is 12.1. The maximum Gasteiger partial charge on any atom is 0.271 e. The van der Waals surface area contributed by atoms with Crippen molar-refractivity contribution in [1.29, 1.82) is 0 Å². The van der Waals surface area contributed by atoms with Gasteiger partial charge >= 0.3 is 0 Å². The second kappa shape index (κ2) is 5.21. The van der Waals surface area contributed by atoms with Crippen molar-refractivity contribution in [2.24, 2.45) is 0 Å². The molecule has 0 bridgehead atoms. The van der Waals surface area contributed by atoms with Crippen LogP contribution in [0.3, 0.4) is 0 Å². The van der Waals surface area contributed by atoms with E-state index in [-0.39, 0.29) is 18.1 Å². The predicted molar refractivity (Wildman–Crippen MR) is 71.1 cm³/mol. The van der Waals surface area contributed by atoms with Crippen molar-refractivity contribution < 1.29 is 9.90 Å². The fourth-order valence-electron chi connectivity index (χ4n) is 2.77. The van der Waals surface area contributed by atoms with Crippen LogP contribution in [0.1, 0.15) is 42.6 Å². The molecule has 0 unspecified atom stereocenters. The molecule has 0 spiro atoms. The van der Waals surface area contributed by atoms with Crippen LogP contribution in [0.25, 0.3) is 0 Å². The highest BCUT2D eigenvalue weighted by Gasteiger charge is 2.23. The zero-order valence-corrected chi connectivity index (χ0v) is 10.9. The van der Waals surface area contributed by atoms with Gasteiger partial charge in [-0.15, -0.1) is 0 Å². The third kappa shape index (κ3) is 2.73. The summed E-state index contributed by atoms with van der Waals surface area (Å²) in [4.78, 5) is 16.5. The first-order chi connectivity index (χ1) is 9.22. The Morgan fingerprint density at radius 2 is 2.21 bits per heavy atom. The quantitative estimate of drug-likeness (QED) is 0.736. The zero-order chi connectivity index (χ0) is 13.2. The van der Waals surface area contributed by atoms with Crippen LogP contribution >= 0.6 is 0 Å². The minimum Gasteiger partial charge on any atom is -0.393 e. The number of carbonyl (C=O) groups excluding carboxylic acids is 1. The molecule has 1 saturated carbocycles. The minimum absolute atomic E-state index is 0.106. The molecule has 3 N–H and O–H groups in total. The van der Waals surface area contributed by atoms with E-state index in [0.29, 0.717) is 5.69 Å². The molecule has 0 atom stereocenters. The van der Waals surface area contributed by atoms with Crippen LogP contribution in [-0.2, 0) is 6.54 Å².